The number of aryl methyl sites for hydroxylation is 2. The van der Waals surface area contributed by atoms with Gasteiger partial charge in [-0.15, -0.1) is 0 Å². The zero-order valence-electron chi connectivity index (χ0n) is 18.3. The Balaban J connectivity index is 2.61. The first-order valence-electron chi connectivity index (χ1n) is 10.0. The molecule has 0 unspecified atom stereocenters. The Morgan fingerprint density at radius 2 is 1.12 bits per heavy atom. The van der Waals surface area contributed by atoms with Crippen LogP contribution in [0.3, 0.4) is 0 Å². The maximum Gasteiger partial charge on any atom is 0.0102 e. The molecule has 0 saturated carbocycles. The van der Waals surface area contributed by atoms with Crippen LogP contribution in [0.25, 0.3) is 0 Å². The molecule has 0 heterocycles. The molecule has 0 aliphatic carbocycles. The van der Waals surface area contributed by atoms with Crippen LogP contribution in [0.5, 0.6) is 0 Å². The Morgan fingerprint density at radius 1 is 0.731 bits per heavy atom. The first-order chi connectivity index (χ1) is 11.9. The Hall–Kier alpha value is -1.56. The summed E-state index contributed by atoms with van der Waals surface area (Å²) in [5.41, 5.74) is 8.13. The van der Waals surface area contributed by atoms with E-state index in [0.29, 0.717) is 5.92 Å². The molecule has 0 aromatic heterocycles. The molecule has 2 rings (SSSR count). The SMILES string of the molecule is CCCC(c1[c]c(C(C)(C)C)cc(C)c1)c1[c]c(C(C)(C)C)cc(C)c1. The van der Waals surface area contributed by atoms with Gasteiger partial charge in [0.15, 0.2) is 0 Å². The summed E-state index contributed by atoms with van der Waals surface area (Å²) in [7, 11) is 0. The molecule has 0 aliphatic rings. The van der Waals surface area contributed by atoms with Crippen LogP contribution in [0, 0.1) is 26.0 Å². The molecule has 0 N–H and O–H groups in total. The molecule has 2 aromatic rings. The highest BCUT2D eigenvalue weighted by Crippen LogP contribution is 2.35. The van der Waals surface area contributed by atoms with Gasteiger partial charge in [0.2, 0.25) is 0 Å². The highest BCUT2D eigenvalue weighted by molar-refractivity contribution is 5.42. The van der Waals surface area contributed by atoms with Crippen LogP contribution in [0.1, 0.15) is 101 Å². The fourth-order valence-corrected chi connectivity index (χ4v) is 3.44. The first kappa shape index (κ1) is 20.7. The summed E-state index contributed by atoms with van der Waals surface area (Å²) in [4.78, 5) is 0. The van der Waals surface area contributed by atoms with Gasteiger partial charge in [0.1, 0.15) is 0 Å². The van der Waals surface area contributed by atoms with E-state index in [4.69, 9.17) is 0 Å². The van der Waals surface area contributed by atoms with E-state index >= 15 is 0 Å². The normalized spacial score (nSPS) is 12.7. The second kappa shape index (κ2) is 7.59. The van der Waals surface area contributed by atoms with E-state index in [1.165, 1.54) is 33.4 Å². The molecule has 140 valence electrons. The van der Waals surface area contributed by atoms with Gasteiger partial charge in [-0.3, -0.25) is 0 Å². The van der Waals surface area contributed by atoms with Crippen molar-refractivity contribution in [1.82, 2.24) is 0 Å². The third-order valence-corrected chi connectivity index (χ3v) is 5.01. The predicted molar refractivity (Wildman–Crippen MR) is 114 cm³/mol. The summed E-state index contributed by atoms with van der Waals surface area (Å²) in [6.07, 6.45) is 2.29. The van der Waals surface area contributed by atoms with Crippen LogP contribution in [0.15, 0.2) is 24.3 Å². The Kier molecular flexibility index (Phi) is 6.06. The first-order valence-corrected chi connectivity index (χ1v) is 10.0. The van der Waals surface area contributed by atoms with Crippen LogP contribution in [-0.2, 0) is 10.8 Å². The largest absolute Gasteiger partial charge is 0.0653 e. The maximum atomic E-state index is 3.77. The molecule has 0 saturated heterocycles. The zero-order valence-corrected chi connectivity index (χ0v) is 18.3. The van der Waals surface area contributed by atoms with Crippen LogP contribution in [0.2, 0.25) is 0 Å². The van der Waals surface area contributed by atoms with Crippen LogP contribution in [-0.4, -0.2) is 0 Å². The maximum absolute atomic E-state index is 3.77. The van der Waals surface area contributed by atoms with E-state index in [2.05, 4.69) is 98.7 Å². The van der Waals surface area contributed by atoms with Crippen molar-refractivity contribution in [2.75, 3.05) is 0 Å². The summed E-state index contributed by atoms with van der Waals surface area (Å²) >= 11 is 0. The molecule has 0 amide bonds. The Morgan fingerprint density at radius 3 is 1.42 bits per heavy atom. The standard InChI is InChI=1S/C26H36/c1-10-11-24(20-12-18(2)14-22(16-20)25(4,5)6)21-13-19(3)15-23(17-21)26(7,8)9/h12-15,24H,10-11H2,1-9H3. The van der Waals surface area contributed by atoms with Crippen molar-refractivity contribution in [1.29, 1.82) is 0 Å². The van der Waals surface area contributed by atoms with Crippen LogP contribution < -0.4 is 0 Å². The van der Waals surface area contributed by atoms with Crippen molar-refractivity contribution in [3.05, 3.63) is 69.8 Å². The molecule has 26 heavy (non-hydrogen) atoms. The van der Waals surface area contributed by atoms with Gasteiger partial charge in [0.25, 0.3) is 0 Å². The van der Waals surface area contributed by atoms with Crippen molar-refractivity contribution < 1.29 is 0 Å². The van der Waals surface area contributed by atoms with E-state index in [-0.39, 0.29) is 10.8 Å². The van der Waals surface area contributed by atoms with Gasteiger partial charge in [-0.1, -0.05) is 90.3 Å². The highest BCUT2D eigenvalue weighted by atomic mass is 14.3. The molecule has 0 aliphatic heterocycles. The summed E-state index contributed by atoms with van der Waals surface area (Å²) in [5, 5.41) is 0. The minimum atomic E-state index is 0.115. The fourth-order valence-electron chi connectivity index (χ4n) is 3.44. The molecular weight excluding hydrogens is 312 g/mol. The van der Waals surface area contributed by atoms with Gasteiger partial charge in [-0.2, -0.15) is 0 Å². The van der Waals surface area contributed by atoms with Crippen LogP contribution in [0.4, 0.5) is 0 Å². The predicted octanol–water partition coefficient (Wildman–Crippen LogP) is 7.43. The molecule has 0 nitrogen and oxygen atoms in total. The average Bonchev–Trinajstić information content (AvgIpc) is 2.49. The second-order valence-corrected chi connectivity index (χ2v) is 9.89. The average molecular weight is 349 g/mol. The molecule has 2 aromatic carbocycles. The van der Waals surface area contributed by atoms with E-state index < -0.39 is 0 Å². The van der Waals surface area contributed by atoms with Crippen molar-refractivity contribution in [2.24, 2.45) is 0 Å². The van der Waals surface area contributed by atoms with Crippen LogP contribution >= 0.6 is 0 Å². The lowest BCUT2D eigenvalue weighted by Crippen LogP contribution is -2.15. The van der Waals surface area contributed by atoms with Crippen molar-refractivity contribution >= 4 is 0 Å². The summed E-state index contributed by atoms with van der Waals surface area (Å²) in [5.74, 6) is 0.363. The number of benzene rings is 2. The molecule has 0 heteroatoms. The second-order valence-electron chi connectivity index (χ2n) is 9.89. The van der Waals surface area contributed by atoms with Gasteiger partial charge in [-0.05, 0) is 65.5 Å². The molecule has 2 radical (unpaired) electrons. The van der Waals surface area contributed by atoms with E-state index in [1.54, 1.807) is 0 Å². The van der Waals surface area contributed by atoms with Gasteiger partial charge >= 0.3 is 0 Å². The summed E-state index contributed by atoms with van der Waals surface area (Å²) in [6, 6.07) is 16.7. The number of hydrogen-bond acceptors (Lipinski definition) is 0. The zero-order chi connectivity index (χ0) is 19.7. The molecule has 0 atom stereocenters. The van der Waals surface area contributed by atoms with Gasteiger partial charge in [-0.25, -0.2) is 0 Å². The Bertz CT molecular complexity index is 687. The minimum Gasteiger partial charge on any atom is -0.0653 e. The van der Waals surface area contributed by atoms with E-state index in [0.717, 1.165) is 12.8 Å². The molecule has 0 fully saturated rings. The molecular formula is C26H36. The lowest BCUT2D eigenvalue weighted by Gasteiger charge is -2.26. The lowest BCUT2D eigenvalue weighted by molar-refractivity contribution is 0.582. The third-order valence-electron chi connectivity index (χ3n) is 5.01. The molecule has 0 spiro atoms. The van der Waals surface area contributed by atoms with Crippen molar-refractivity contribution in [2.45, 2.75) is 91.9 Å². The van der Waals surface area contributed by atoms with Crippen molar-refractivity contribution in [3.8, 4) is 0 Å². The van der Waals surface area contributed by atoms with Gasteiger partial charge in [0, 0.05) is 5.92 Å². The van der Waals surface area contributed by atoms with Gasteiger partial charge in [0.05, 0.1) is 0 Å². The quantitative estimate of drug-likeness (QED) is 0.539. The lowest BCUT2D eigenvalue weighted by atomic mass is 9.78. The molecule has 0 bridgehead atoms. The summed E-state index contributed by atoms with van der Waals surface area (Å²) in [6.45, 7) is 20.3. The summed E-state index contributed by atoms with van der Waals surface area (Å²) < 4.78 is 0. The highest BCUT2D eigenvalue weighted by Gasteiger charge is 2.22. The monoisotopic (exact) mass is 348 g/mol. The third kappa shape index (κ3) is 5.00. The number of hydrogen-bond donors (Lipinski definition) is 0. The topological polar surface area (TPSA) is 0 Å². The van der Waals surface area contributed by atoms with Crippen molar-refractivity contribution in [3.63, 3.8) is 0 Å². The fraction of sp³-hybridized carbons (Fsp3) is 0.538. The van der Waals surface area contributed by atoms with Gasteiger partial charge < -0.3 is 0 Å². The minimum absolute atomic E-state index is 0.115. The Labute approximate surface area is 162 Å². The van der Waals surface area contributed by atoms with E-state index in [9.17, 15) is 0 Å². The smallest absolute Gasteiger partial charge is 0.0102 e. The van der Waals surface area contributed by atoms with E-state index in [1.807, 2.05) is 0 Å². The number of rotatable bonds is 4.